The average molecular weight is 847 g/mol. The van der Waals surface area contributed by atoms with Crippen molar-refractivity contribution in [3.8, 4) is 44.5 Å². The smallest absolute Gasteiger partial charge is 0.338 e. The SMILES string of the molecule is COC(=O)c1cc(C(c2cc(C(=O)OC)c3cccccc2-3)=c2ccc(=C(c3cc(C(=O)OC)c4cccccc3-4)c3cc(C(=O)OC)c4cccccc3-4)s2)c2cccccc1-2. The molecule has 8 aliphatic carbocycles. The van der Waals surface area contributed by atoms with Gasteiger partial charge in [0.2, 0.25) is 0 Å². The van der Waals surface area contributed by atoms with E-state index in [-0.39, 0.29) is 0 Å². The van der Waals surface area contributed by atoms with E-state index >= 15 is 0 Å². The Morgan fingerprint density at radius 3 is 0.714 bits per heavy atom. The van der Waals surface area contributed by atoms with Crippen LogP contribution in [0.2, 0.25) is 0 Å². The lowest BCUT2D eigenvalue weighted by atomic mass is 9.94. The van der Waals surface area contributed by atoms with Crippen molar-refractivity contribution in [1.29, 1.82) is 0 Å². The van der Waals surface area contributed by atoms with Crippen LogP contribution in [0.25, 0.3) is 55.7 Å². The van der Waals surface area contributed by atoms with E-state index in [0.29, 0.717) is 44.5 Å². The molecule has 1 aromatic heterocycles. The van der Waals surface area contributed by atoms with E-state index in [4.69, 9.17) is 18.9 Å². The van der Waals surface area contributed by atoms with Crippen molar-refractivity contribution in [2.24, 2.45) is 0 Å². The molecule has 0 fully saturated rings. The summed E-state index contributed by atoms with van der Waals surface area (Å²) in [4.78, 5) is 53.9. The molecular formula is C54H38O8S. The Morgan fingerprint density at radius 1 is 0.302 bits per heavy atom. The summed E-state index contributed by atoms with van der Waals surface area (Å²) in [5.74, 6) is -1.93. The lowest BCUT2D eigenvalue weighted by Gasteiger charge is -2.10. The zero-order chi connectivity index (χ0) is 43.8. The molecule has 9 rings (SSSR count). The molecule has 1 aromatic rings. The number of esters is 4. The van der Waals surface area contributed by atoms with Crippen LogP contribution in [-0.4, -0.2) is 52.3 Å². The van der Waals surface area contributed by atoms with Gasteiger partial charge in [0.1, 0.15) is 0 Å². The van der Waals surface area contributed by atoms with Gasteiger partial charge in [-0.1, -0.05) is 121 Å². The van der Waals surface area contributed by atoms with Gasteiger partial charge in [0.05, 0.1) is 50.7 Å². The van der Waals surface area contributed by atoms with Gasteiger partial charge in [-0.05, 0) is 103 Å². The standard InChI is InChI=1S/C54H38O8S/c1-59-51(55)43-27-39(31-17-9-5-13-21-35(31)43)49(40-28-44(52(56)60-2)36-22-14-6-10-18-32(36)40)47-25-26-48(63-47)50(41-29-45(53(57)61-3)37-23-15-7-11-19-33(37)41)42-30-46(54(58)62-4)38-24-16-8-12-20-34(38)42/h5-30H,1-4H3. The van der Waals surface area contributed by atoms with Crippen LogP contribution in [0.5, 0.6) is 0 Å². The molecule has 0 unspecified atom stereocenters. The highest BCUT2D eigenvalue weighted by atomic mass is 32.1. The van der Waals surface area contributed by atoms with Crippen molar-refractivity contribution in [2.75, 3.05) is 28.4 Å². The summed E-state index contributed by atoms with van der Waals surface area (Å²) in [5, 5.41) is 0. The minimum absolute atomic E-state index is 0.396. The Hall–Kier alpha value is -7.88. The number of rotatable bonds is 8. The quantitative estimate of drug-likeness (QED) is 0.110. The van der Waals surface area contributed by atoms with Gasteiger partial charge >= 0.3 is 23.9 Å². The predicted octanol–water partition coefficient (Wildman–Crippen LogP) is 9.81. The number of hydrogen-bond acceptors (Lipinski definition) is 9. The first kappa shape index (κ1) is 40.5. The fourth-order valence-electron chi connectivity index (χ4n) is 8.64. The molecule has 308 valence electrons. The van der Waals surface area contributed by atoms with Gasteiger partial charge in [0.15, 0.2) is 0 Å². The monoisotopic (exact) mass is 846 g/mol. The highest BCUT2D eigenvalue weighted by Crippen LogP contribution is 2.45. The summed E-state index contributed by atoms with van der Waals surface area (Å²) >= 11 is 1.51. The van der Waals surface area contributed by atoms with Crippen LogP contribution in [0.1, 0.15) is 63.7 Å². The van der Waals surface area contributed by atoms with Crippen LogP contribution < -0.4 is 9.06 Å². The van der Waals surface area contributed by atoms with E-state index in [1.54, 1.807) is 0 Å². The van der Waals surface area contributed by atoms with Gasteiger partial charge in [-0.2, -0.15) is 0 Å². The molecular weight excluding hydrogens is 809 g/mol. The van der Waals surface area contributed by atoms with Crippen LogP contribution in [0.3, 0.4) is 0 Å². The molecule has 63 heavy (non-hydrogen) atoms. The molecule has 0 saturated heterocycles. The third-order valence-corrected chi connectivity index (χ3v) is 12.5. The molecule has 0 amide bonds. The van der Waals surface area contributed by atoms with E-state index < -0.39 is 23.9 Å². The van der Waals surface area contributed by atoms with E-state index in [1.165, 1.54) is 39.8 Å². The number of thiophene rings is 1. The molecule has 8 aliphatic rings. The molecule has 0 spiro atoms. The van der Waals surface area contributed by atoms with Crippen LogP contribution >= 0.6 is 11.3 Å². The van der Waals surface area contributed by atoms with Crippen molar-refractivity contribution < 1.29 is 38.1 Å². The predicted molar refractivity (Wildman–Crippen MR) is 244 cm³/mol. The third-order valence-electron chi connectivity index (χ3n) is 11.4. The van der Waals surface area contributed by atoms with Gasteiger partial charge in [-0.3, -0.25) is 0 Å². The largest absolute Gasteiger partial charge is 0.465 e. The van der Waals surface area contributed by atoms with Crippen molar-refractivity contribution in [2.45, 2.75) is 0 Å². The summed E-state index contributed by atoms with van der Waals surface area (Å²) < 4.78 is 22.9. The van der Waals surface area contributed by atoms with Crippen LogP contribution in [0.15, 0.2) is 158 Å². The first-order valence-electron chi connectivity index (χ1n) is 20.0. The van der Waals surface area contributed by atoms with E-state index in [1.807, 2.05) is 158 Å². The van der Waals surface area contributed by atoms with E-state index in [0.717, 1.165) is 64.7 Å². The number of fused-ring (bicyclic) bond motifs is 4. The Labute approximate surface area is 367 Å². The van der Waals surface area contributed by atoms with Crippen LogP contribution in [0, 0.1) is 0 Å². The highest BCUT2D eigenvalue weighted by Gasteiger charge is 2.31. The van der Waals surface area contributed by atoms with Crippen LogP contribution in [0.4, 0.5) is 0 Å². The molecule has 0 N–H and O–H groups in total. The molecule has 0 atom stereocenters. The molecule has 8 nitrogen and oxygen atoms in total. The van der Waals surface area contributed by atoms with Crippen molar-refractivity contribution in [3.05, 3.63) is 211 Å². The Kier molecular flexibility index (Phi) is 10.9. The number of hydrogen-bond donors (Lipinski definition) is 0. The van der Waals surface area contributed by atoms with Crippen molar-refractivity contribution >= 4 is 46.4 Å². The zero-order valence-electron chi connectivity index (χ0n) is 34.7. The maximum Gasteiger partial charge on any atom is 0.338 e. The minimum atomic E-state index is -0.483. The van der Waals surface area contributed by atoms with E-state index in [9.17, 15) is 19.2 Å². The normalized spacial score (nSPS) is 11.1. The Balaban J connectivity index is 1.48. The molecule has 1 heterocycles. The van der Waals surface area contributed by atoms with Crippen molar-refractivity contribution in [1.82, 2.24) is 0 Å². The third kappa shape index (κ3) is 6.98. The fraction of sp³-hybridized carbons (Fsp3) is 0.0741. The van der Waals surface area contributed by atoms with Gasteiger partial charge in [-0.25, -0.2) is 19.2 Å². The number of carbonyl (C=O) groups excluding carboxylic acids is 4. The van der Waals surface area contributed by atoms with Gasteiger partial charge in [0.25, 0.3) is 0 Å². The van der Waals surface area contributed by atoms with Gasteiger partial charge < -0.3 is 18.9 Å². The summed E-state index contributed by atoms with van der Waals surface area (Å²) in [6, 6.07) is 49.9. The highest BCUT2D eigenvalue weighted by molar-refractivity contribution is 7.08. The second-order valence-electron chi connectivity index (χ2n) is 14.7. The Bertz CT molecular complexity index is 2860. The number of methoxy groups -OCH3 is 4. The van der Waals surface area contributed by atoms with Crippen molar-refractivity contribution in [3.63, 3.8) is 0 Å². The fourth-order valence-corrected chi connectivity index (χ4v) is 9.79. The lowest BCUT2D eigenvalue weighted by molar-refractivity contribution is 0.0593. The maximum atomic E-state index is 13.5. The first-order valence-corrected chi connectivity index (χ1v) is 20.9. The Morgan fingerprint density at radius 2 is 0.508 bits per heavy atom. The van der Waals surface area contributed by atoms with Crippen LogP contribution in [-0.2, 0) is 18.9 Å². The molecule has 0 saturated carbocycles. The first-order chi connectivity index (χ1) is 30.8. The summed E-state index contributed by atoms with van der Waals surface area (Å²) in [6.45, 7) is 0. The average Bonchev–Trinajstić information content (AvgIpc) is 3.97. The molecule has 0 aliphatic heterocycles. The maximum absolute atomic E-state index is 13.5. The van der Waals surface area contributed by atoms with Gasteiger partial charge in [-0.15, -0.1) is 11.3 Å². The second kappa shape index (κ2) is 16.9. The molecule has 0 radical (unpaired) electrons. The molecule has 0 bridgehead atoms. The lowest BCUT2D eigenvalue weighted by Crippen LogP contribution is -2.07. The zero-order valence-corrected chi connectivity index (χ0v) is 35.5. The van der Waals surface area contributed by atoms with Gasteiger partial charge in [0, 0.05) is 20.2 Å². The summed E-state index contributed by atoms with van der Waals surface area (Å²) in [5.41, 5.74) is 12.2. The summed E-state index contributed by atoms with van der Waals surface area (Å²) in [6.07, 6.45) is 0. The molecule has 0 aromatic carbocycles. The minimum Gasteiger partial charge on any atom is -0.465 e. The second-order valence-corrected chi connectivity index (χ2v) is 15.8. The van der Waals surface area contributed by atoms with E-state index in [2.05, 4.69) is 0 Å². The summed E-state index contributed by atoms with van der Waals surface area (Å²) in [7, 11) is 5.45. The molecule has 9 heteroatoms. The topological polar surface area (TPSA) is 105 Å². The number of ether oxygens (including phenoxy) is 4. The number of carbonyl (C=O) groups is 4.